The molecule has 3 nitrogen and oxygen atoms in total. The van der Waals surface area contributed by atoms with Crippen LogP contribution >= 0.6 is 12.2 Å². The van der Waals surface area contributed by atoms with E-state index >= 15 is 0 Å². The molecular formula is C8H5FN2OS. The van der Waals surface area contributed by atoms with Crippen LogP contribution in [0.5, 0.6) is 0 Å². The minimum atomic E-state index is -0.551. The fourth-order valence-electron chi connectivity index (χ4n) is 1.18. The first-order chi connectivity index (χ1) is 6.18. The minimum Gasteiger partial charge on any atom is -0.332 e. The molecule has 0 aliphatic heterocycles. The molecule has 0 spiro atoms. The Morgan fingerprint density at radius 2 is 2.08 bits per heavy atom. The Morgan fingerprint density at radius 3 is 2.85 bits per heavy atom. The number of rotatable bonds is 0. The van der Waals surface area contributed by atoms with Gasteiger partial charge in [-0.1, -0.05) is 6.07 Å². The second kappa shape index (κ2) is 2.77. The van der Waals surface area contributed by atoms with Crippen LogP contribution < -0.4 is 5.56 Å². The second-order valence-electron chi connectivity index (χ2n) is 2.57. The second-order valence-corrected chi connectivity index (χ2v) is 2.98. The highest BCUT2D eigenvalue weighted by atomic mass is 32.1. The smallest absolute Gasteiger partial charge is 0.262 e. The summed E-state index contributed by atoms with van der Waals surface area (Å²) >= 11 is 4.74. The van der Waals surface area contributed by atoms with Crippen LogP contribution in [-0.4, -0.2) is 9.97 Å². The zero-order chi connectivity index (χ0) is 9.42. The zero-order valence-electron chi connectivity index (χ0n) is 6.43. The van der Waals surface area contributed by atoms with Gasteiger partial charge in [-0.25, -0.2) is 4.39 Å². The van der Waals surface area contributed by atoms with E-state index in [1.165, 1.54) is 12.1 Å². The summed E-state index contributed by atoms with van der Waals surface area (Å²) in [5.41, 5.74) is -0.0920. The highest BCUT2D eigenvalue weighted by molar-refractivity contribution is 7.71. The van der Waals surface area contributed by atoms with E-state index < -0.39 is 11.4 Å². The van der Waals surface area contributed by atoms with Crippen LogP contribution in [0.4, 0.5) is 4.39 Å². The van der Waals surface area contributed by atoms with Crippen molar-refractivity contribution in [3.05, 3.63) is 39.1 Å². The number of halogens is 1. The number of fused-ring (bicyclic) bond motifs is 1. The van der Waals surface area contributed by atoms with Crippen LogP contribution in [0.15, 0.2) is 23.0 Å². The first kappa shape index (κ1) is 8.12. The molecule has 0 amide bonds. The average molecular weight is 196 g/mol. The van der Waals surface area contributed by atoms with Crippen LogP contribution in [0.2, 0.25) is 0 Å². The highest BCUT2D eigenvalue weighted by Crippen LogP contribution is 2.09. The summed E-state index contributed by atoms with van der Waals surface area (Å²) in [6, 6.07) is 4.35. The molecule has 2 aromatic rings. The Kier molecular flexibility index (Phi) is 1.73. The predicted molar refractivity (Wildman–Crippen MR) is 49.7 cm³/mol. The molecule has 13 heavy (non-hydrogen) atoms. The fourth-order valence-corrected chi connectivity index (χ4v) is 1.38. The van der Waals surface area contributed by atoms with Gasteiger partial charge < -0.3 is 4.98 Å². The third kappa shape index (κ3) is 1.27. The summed E-state index contributed by atoms with van der Waals surface area (Å²) < 4.78 is 13.3. The van der Waals surface area contributed by atoms with E-state index in [-0.39, 0.29) is 10.2 Å². The predicted octanol–water partition coefficient (Wildman–Crippen LogP) is 1.72. The van der Waals surface area contributed by atoms with Gasteiger partial charge in [0.15, 0.2) is 4.77 Å². The van der Waals surface area contributed by atoms with Gasteiger partial charge in [0, 0.05) is 0 Å². The van der Waals surface area contributed by atoms with Crippen molar-refractivity contribution in [1.29, 1.82) is 0 Å². The van der Waals surface area contributed by atoms with E-state index in [0.717, 1.165) is 0 Å². The molecule has 0 radical (unpaired) electrons. The average Bonchev–Trinajstić information content (AvgIpc) is 2.02. The zero-order valence-corrected chi connectivity index (χ0v) is 7.24. The van der Waals surface area contributed by atoms with Gasteiger partial charge in [0.1, 0.15) is 5.82 Å². The first-order valence-electron chi connectivity index (χ1n) is 3.59. The Hall–Kier alpha value is -1.49. The van der Waals surface area contributed by atoms with Gasteiger partial charge in [0.2, 0.25) is 0 Å². The summed E-state index contributed by atoms with van der Waals surface area (Å²) in [5.74, 6) is -0.551. The number of nitrogens with one attached hydrogen (secondary N) is 2. The van der Waals surface area contributed by atoms with E-state index in [0.29, 0.717) is 5.52 Å². The van der Waals surface area contributed by atoms with Crippen LogP contribution in [0, 0.1) is 10.6 Å². The molecule has 1 aromatic heterocycles. The molecule has 2 N–H and O–H groups in total. The van der Waals surface area contributed by atoms with Crippen LogP contribution in [0.1, 0.15) is 0 Å². The van der Waals surface area contributed by atoms with Crippen molar-refractivity contribution in [3.8, 4) is 0 Å². The number of benzene rings is 1. The lowest BCUT2D eigenvalue weighted by Crippen LogP contribution is -2.09. The lowest BCUT2D eigenvalue weighted by Gasteiger charge is -1.96. The molecule has 0 aliphatic rings. The molecule has 1 heterocycles. The maximum Gasteiger partial charge on any atom is 0.262 e. The number of hydrogen-bond acceptors (Lipinski definition) is 2. The molecule has 2 rings (SSSR count). The summed E-state index contributed by atoms with van der Waals surface area (Å²) in [7, 11) is 0. The van der Waals surface area contributed by atoms with Crippen molar-refractivity contribution in [2.24, 2.45) is 0 Å². The molecule has 0 saturated carbocycles. The van der Waals surface area contributed by atoms with Crippen LogP contribution in [0.25, 0.3) is 10.9 Å². The molecule has 66 valence electrons. The van der Waals surface area contributed by atoms with Gasteiger partial charge in [-0.2, -0.15) is 0 Å². The van der Waals surface area contributed by atoms with Crippen molar-refractivity contribution < 1.29 is 4.39 Å². The third-order valence-corrected chi connectivity index (χ3v) is 1.92. The summed E-state index contributed by atoms with van der Waals surface area (Å²) in [6.07, 6.45) is 0. The van der Waals surface area contributed by atoms with Crippen LogP contribution in [-0.2, 0) is 0 Å². The monoisotopic (exact) mass is 196 g/mol. The van der Waals surface area contributed by atoms with E-state index in [1.807, 2.05) is 0 Å². The van der Waals surface area contributed by atoms with E-state index in [1.54, 1.807) is 6.07 Å². The maximum atomic E-state index is 13.1. The SMILES string of the molecule is O=c1[nH]c(=S)[nH]c2cccc(F)c12. The topological polar surface area (TPSA) is 48.6 Å². The highest BCUT2D eigenvalue weighted by Gasteiger charge is 2.03. The van der Waals surface area contributed by atoms with Crippen molar-refractivity contribution in [1.82, 2.24) is 9.97 Å². The molecule has 5 heteroatoms. The van der Waals surface area contributed by atoms with Crippen molar-refractivity contribution in [2.75, 3.05) is 0 Å². The number of aromatic amines is 2. The Balaban J connectivity index is 3.12. The van der Waals surface area contributed by atoms with Gasteiger partial charge >= 0.3 is 0 Å². The minimum absolute atomic E-state index is 0.0103. The third-order valence-electron chi connectivity index (χ3n) is 1.72. The molecule has 0 aliphatic carbocycles. The van der Waals surface area contributed by atoms with E-state index in [9.17, 15) is 9.18 Å². The van der Waals surface area contributed by atoms with Gasteiger partial charge in [0.25, 0.3) is 5.56 Å². The molecule has 0 fully saturated rings. The Morgan fingerprint density at radius 1 is 1.31 bits per heavy atom. The van der Waals surface area contributed by atoms with Crippen molar-refractivity contribution in [3.63, 3.8) is 0 Å². The number of hydrogen-bond donors (Lipinski definition) is 2. The van der Waals surface area contributed by atoms with Crippen molar-refractivity contribution in [2.45, 2.75) is 0 Å². The fraction of sp³-hybridized carbons (Fsp3) is 0. The lowest BCUT2D eigenvalue weighted by molar-refractivity contribution is 0.638. The van der Waals surface area contributed by atoms with Gasteiger partial charge in [0.05, 0.1) is 10.9 Å². The maximum absolute atomic E-state index is 13.1. The molecule has 0 atom stereocenters. The first-order valence-corrected chi connectivity index (χ1v) is 4.00. The van der Waals surface area contributed by atoms with Gasteiger partial charge in [-0.05, 0) is 24.4 Å². The van der Waals surface area contributed by atoms with Crippen molar-refractivity contribution >= 4 is 23.1 Å². The van der Waals surface area contributed by atoms with Gasteiger partial charge in [-0.15, -0.1) is 0 Å². The normalized spacial score (nSPS) is 10.5. The summed E-state index contributed by atoms with van der Waals surface area (Å²) in [5, 5.41) is 0.0103. The summed E-state index contributed by atoms with van der Waals surface area (Å²) in [4.78, 5) is 16.2. The Labute approximate surface area is 77.2 Å². The Bertz CT molecular complexity index is 572. The van der Waals surface area contributed by atoms with Crippen LogP contribution in [0.3, 0.4) is 0 Å². The van der Waals surface area contributed by atoms with E-state index in [4.69, 9.17) is 12.2 Å². The lowest BCUT2D eigenvalue weighted by atomic mass is 10.2. The van der Waals surface area contributed by atoms with Gasteiger partial charge in [-0.3, -0.25) is 9.78 Å². The quantitative estimate of drug-likeness (QED) is 0.630. The number of aromatic nitrogens is 2. The molecule has 0 unspecified atom stereocenters. The molecular weight excluding hydrogens is 191 g/mol. The van der Waals surface area contributed by atoms with E-state index in [2.05, 4.69) is 9.97 Å². The molecule has 1 aromatic carbocycles. The molecule has 0 saturated heterocycles. The largest absolute Gasteiger partial charge is 0.332 e. The molecule has 0 bridgehead atoms. The number of H-pyrrole nitrogens is 2. The summed E-state index contributed by atoms with van der Waals surface area (Å²) in [6.45, 7) is 0. The standard InChI is InChI=1S/C8H5FN2OS/c9-4-2-1-3-5-6(4)7(12)11-8(13)10-5/h1-3H,(H2,10,11,12,13).